The highest BCUT2D eigenvalue weighted by molar-refractivity contribution is 6.31. The van der Waals surface area contributed by atoms with Gasteiger partial charge >= 0.3 is 0 Å². The van der Waals surface area contributed by atoms with Gasteiger partial charge in [-0.25, -0.2) is 4.98 Å². The van der Waals surface area contributed by atoms with Crippen LogP contribution in [0.5, 0.6) is 11.5 Å². The van der Waals surface area contributed by atoms with Crippen molar-refractivity contribution in [3.05, 3.63) is 47.1 Å². The Hall–Kier alpha value is -2.07. The lowest BCUT2D eigenvalue weighted by atomic mass is 10.2. The highest BCUT2D eigenvalue weighted by atomic mass is 35.5. The molecule has 0 aliphatic rings. The van der Waals surface area contributed by atoms with Gasteiger partial charge in [-0.3, -0.25) is 5.43 Å². The Bertz CT molecular complexity index is 658. The second kappa shape index (κ2) is 9.16. The molecule has 5 heteroatoms. The molecule has 1 heterocycles. The van der Waals surface area contributed by atoms with Gasteiger partial charge in [0.15, 0.2) is 11.6 Å². The van der Waals surface area contributed by atoms with E-state index in [0.717, 1.165) is 18.4 Å². The summed E-state index contributed by atoms with van der Waals surface area (Å²) in [7, 11) is 0. The van der Waals surface area contributed by atoms with Crippen LogP contribution in [0.2, 0.25) is 5.02 Å². The number of nitrogens with zero attached hydrogens (tertiary/aromatic N) is 2. The molecule has 0 unspecified atom stereocenters. The van der Waals surface area contributed by atoms with Gasteiger partial charge in [-0.2, -0.15) is 5.10 Å². The number of benzene rings is 1. The number of anilines is 1. The molecule has 0 saturated carbocycles. The van der Waals surface area contributed by atoms with Gasteiger partial charge in [0, 0.05) is 23.0 Å². The van der Waals surface area contributed by atoms with Crippen molar-refractivity contribution >= 4 is 23.6 Å². The van der Waals surface area contributed by atoms with Crippen LogP contribution in [0.1, 0.15) is 38.2 Å². The van der Waals surface area contributed by atoms with Crippen LogP contribution in [-0.4, -0.2) is 11.2 Å². The SMILES string of the molecule is CCCCC/C=N/Nc1ncccc1Oc1cccc(Cl)c1C. The predicted octanol–water partition coefficient (Wildman–Crippen LogP) is 5.81. The van der Waals surface area contributed by atoms with Crippen molar-refractivity contribution in [1.29, 1.82) is 0 Å². The number of hydrogen-bond donors (Lipinski definition) is 1. The van der Waals surface area contributed by atoms with Crippen LogP contribution in [-0.2, 0) is 0 Å². The quantitative estimate of drug-likeness (QED) is 0.377. The van der Waals surface area contributed by atoms with E-state index in [1.165, 1.54) is 12.8 Å². The Kier molecular flexibility index (Phi) is 6.88. The standard InChI is InChI=1S/C18H22ClN3O/c1-3-4-5-6-13-21-22-18-17(11-8-12-20-18)23-16-10-7-9-15(19)14(16)2/h7-13H,3-6H2,1-2H3,(H,20,22)/b21-13+. The maximum absolute atomic E-state index is 6.13. The number of hydrazone groups is 1. The minimum atomic E-state index is 0.582. The maximum Gasteiger partial charge on any atom is 0.189 e. The van der Waals surface area contributed by atoms with Crippen molar-refractivity contribution in [3.8, 4) is 11.5 Å². The monoisotopic (exact) mass is 331 g/mol. The number of unbranched alkanes of at least 4 members (excludes halogenated alkanes) is 3. The molecule has 0 atom stereocenters. The fourth-order valence-electron chi connectivity index (χ4n) is 2.03. The van der Waals surface area contributed by atoms with E-state index >= 15 is 0 Å². The summed E-state index contributed by atoms with van der Waals surface area (Å²) in [5.74, 6) is 1.91. The molecular weight excluding hydrogens is 310 g/mol. The molecule has 0 bridgehead atoms. The van der Waals surface area contributed by atoms with Crippen molar-refractivity contribution in [2.45, 2.75) is 39.5 Å². The molecule has 1 N–H and O–H groups in total. The van der Waals surface area contributed by atoms with Crippen molar-refractivity contribution in [1.82, 2.24) is 4.98 Å². The van der Waals surface area contributed by atoms with Crippen LogP contribution in [0, 0.1) is 6.92 Å². The number of aromatic nitrogens is 1. The summed E-state index contributed by atoms with van der Waals surface area (Å²) in [5.41, 5.74) is 3.84. The molecule has 0 fully saturated rings. The van der Waals surface area contributed by atoms with E-state index in [1.54, 1.807) is 6.20 Å². The third kappa shape index (κ3) is 5.25. The Labute approximate surface area is 142 Å². The van der Waals surface area contributed by atoms with E-state index in [0.29, 0.717) is 22.3 Å². The molecule has 2 aromatic rings. The zero-order chi connectivity index (χ0) is 16.5. The second-order valence-corrected chi connectivity index (χ2v) is 5.64. The number of hydrogen-bond acceptors (Lipinski definition) is 4. The summed E-state index contributed by atoms with van der Waals surface area (Å²) in [6.45, 7) is 4.11. The Morgan fingerprint density at radius 3 is 2.87 bits per heavy atom. The van der Waals surface area contributed by atoms with Crippen LogP contribution in [0.15, 0.2) is 41.6 Å². The fourth-order valence-corrected chi connectivity index (χ4v) is 2.20. The first-order valence-corrected chi connectivity index (χ1v) is 8.25. The second-order valence-electron chi connectivity index (χ2n) is 5.23. The highest BCUT2D eigenvalue weighted by Gasteiger charge is 2.08. The first kappa shape index (κ1) is 17.3. The van der Waals surface area contributed by atoms with Gasteiger partial charge in [0.25, 0.3) is 0 Å². The van der Waals surface area contributed by atoms with Gasteiger partial charge in [-0.05, 0) is 44.0 Å². The molecule has 0 aliphatic heterocycles. The maximum atomic E-state index is 6.13. The van der Waals surface area contributed by atoms with Crippen molar-refractivity contribution in [2.24, 2.45) is 5.10 Å². The van der Waals surface area contributed by atoms with Crippen LogP contribution < -0.4 is 10.2 Å². The molecule has 122 valence electrons. The van der Waals surface area contributed by atoms with Crippen LogP contribution in [0.4, 0.5) is 5.82 Å². The summed E-state index contributed by atoms with van der Waals surface area (Å²) in [6.07, 6.45) is 8.11. The molecule has 23 heavy (non-hydrogen) atoms. The molecular formula is C18H22ClN3O. The molecule has 0 radical (unpaired) electrons. The smallest absolute Gasteiger partial charge is 0.189 e. The Balaban J connectivity index is 2.04. The Morgan fingerprint density at radius 1 is 1.22 bits per heavy atom. The molecule has 1 aromatic carbocycles. The molecule has 0 amide bonds. The van der Waals surface area contributed by atoms with Crippen molar-refractivity contribution in [2.75, 3.05) is 5.43 Å². The highest BCUT2D eigenvalue weighted by Crippen LogP contribution is 2.32. The Morgan fingerprint density at radius 2 is 2.04 bits per heavy atom. The normalized spacial score (nSPS) is 10.9. The van der Waals surface area contributed by atoms with Gasteiger partial charge in [-0.1, -0.05) is 37.4 Å². The van der Waals surface area contributed by atoms with Gasteiger partial charge < -0.3 is 4.74 Å². The molecule has 2 rings (SSSR count). The third-order valence-electron chi connectivity index (χ3n) is 3.41. The summed E-state index contributed by atoms with van der Waals surface area (Å²) >= 11 is 6.13. The van der Waals surface area contributed by atoms with Gasteiger partial charge in [-0.15, -0.1) is 0 Å². The number of rotatable bonds is 8. The van der Waals surface area contributed by atoms with E-state index in [9.17, 15) is 0 Å². The molecule has 1 aromatic heterocycles. The first-order valence-electron chi connectivity index (χ1n) is 7.88. The fraction of sp³-hybridized carbons (Fsp3) is 0.333. The molecule has 0 spiro atoms. The average Bonchev–Trinajstić information content (AvgIpc) is 2.56. The first-order chi connectivity index (χ1) is 11.2. The lowest BCUT2D eigenvalue weighted by molar-refractivity contribution is 0.479. The summed E-state index contributed by atoms with van der Waals surface area (Å²) < 4.78 is 5.93. The van der Waals surface area contributed by atoms with E-state index < -0.39 is 0 Å². The zero-order valence-corrected chi connectivity index (χ0v) is 14.3. The largest absolute Gasteiger partial charge is 0.453 e. The van der Waals surface area contributed by atoms with Crippen LogP contribution in [0.3, 0.4) is 0 Å². The summed E-state index contributed by atoms with van der Waals surface area (Å²) in [5, 5.41) is 4.89. The lowest BCUT2D eigenvalue weighted by Crippen LogP contribution is -1.97. The predicted molar refractivity (Wildman–Crippen MR) is 96.8 cm³/mol. The van der Waals surface area contributed by atoms with Gasteiger partial charge in [0.2, 0.25) is 0 Å². The van der Waals surface area contributed by atoms with E-state index in [2.05, 4.69) is 22.4 Å². The minimum Gasteiger partial charge on any atom is -0.453 e. The molecule has 4 nitrogen and oxygen atoms in total. The van der Waals surface area contributed by atoms with Crippen molar-refractivity contribution in [3.63, 3.8) is 0 Å². The van der Waals surface area contributed by atoms with E-state index in [1.807, 2.05) is 43.5 Å². The number of halogens is 1. The lowest BCUT2D eigenvalue weighted by Gasteiger charge is -2.12. The molecule has 0 saturated heterocycles. The average molecular weight is 332 g/mol. The van der Waals surface area contributed by atoms with Crippen molar-refractivity contribution < 1.29 is 4.74 Å². The van der Waals surface area contributed by atoms with E-state index in [4.69, 9.17) is 16.3 Å². The molecule has 0 aliphatic carbocycles. The zero-order valence-electron chi connectivity index (χ0n) is 13.6. The van der Waals surface area contributed by atoms with Gasteiger partial charge in [0.1, 0.15) is 5.75 Å². The van der Waals surface area contributed by atoms with Crippen LogP contribution in [0.25, 0.3) is 0 Å². The number of ether oxygens (including phenoxy) is 1. The summed E-state index contributed by atoms with van der Waals surface area (Å²) in [6, 6.07) is 9.26. The van der Waals surface area contributed by atoms with E-state index in [-0.39, 0.29) is 0 Å². The number of nitrogens with one attached hydrogen (secondary N) is 1. The topological polar surface area (TPSA) is 46.5 Å². The minimum absolute atomic E-state index is 0.582. The van der Waals surface area contributed by atoms with Crippen LogP contribution >= 0.6 is 11.6 Å². The van der Waals surface area contributed by atoms with Gasteiger partial charge in [0.05, 0.1) is 0 Å². The summed E-state index contributed by atoms with van der Waals surface area (Å²) in [4.78, 5) is 4.28. The number of pyridine rings is 1. The third-order valence-corrected chi connectivity index (χ3v) is 3.82.